The Hall–Kier alpha value is -2.64. The Kier molecular flexibility index (Phi) is 5.73. The number of carbonyl (C=O) groups excluding carboxylic acids is 2. The van der Waals surface area contributed by atoms with E-state index in [1.54, 1.807) is 11.9 Å². The molecule has 0 spiro atoms. The Morgan fingerprint density at radius 3 is 2.83 bits per heavy atom. The predicted molar refractivity (Wildman–Crippen MR) is 87.9 cm³/mol. The van der Waals surface area contributed by atoms with Gasteiger partial charge in [0.25, 0.3) is 11.6 Å². The van der Waals surface area contributed by atoms with Crippen molar-refractivity contribution in [2.45, 2.75) is 19.8 Å². The molecule has 1 aromatic carbocycles. The van der Waals surface area contributed by atoms with E-state index in [-0.39, 0.29) is 23.8 Å². The molecular formula is C16H21N3O5. The van der Waals surface area contributed by atoms with Crippen LogP contribution >= 0.6 is 0 Å². The highest BCUT2D eigenvalue weighted by molar-refractivity contribution is 5.93. The molecule has 1 fully saturated rings. The summed E-state index contributed by atoms with van der Waals surface area (Å²) in [7, 11) is 1.55. The number of nitro groups is 1. The lowest BCUT2D eigenvalue weighted by Crippen LogP contribution is -2.41. The number of likely N-dealkylation sites (tertiary alicyclic amines) is 1. The topological polar surface area (TPSA) is 102 Å². The van der Waals surface area contributed by atoms with Gasteiger partial charge in [0.1, 0.15) is 5.69 Å². The summed E-state index contributed by atoms with van der Waals surface area (Å²) >= 11 is 0. The van der Waals surface area contributed by atoms with E-state index in [0.29, 0.717) is 24.7 Å². The van der Waals surface area contributed by atoms with Gasteiger partial charge in [0.05, 0.1) is 10.5 Å². The fourth-order valence-electron chi connectivity index (χ4n) is 2.74. The second-order valence-corrected chi connectivity index (χ2v) is 5.90. The number of benzene rings is 1. The molecule has 8 nitrogen and oxygen atoms in total. The summed E-state index contributed by atoms with van der Waals surface area (Å²) in [5.41, 5.74) is 0.124. The van der Waals surface area contributed by atoms with Gasteiger partial charge in [-0.1, -0.05) is 6.92 Å². The van der Waals surface area contributed by atoms with Gasteiger partial charge in [-0.15, -0.1) is 0 Å². The van der Waals surface area contributed by atoms with Crippen molar-refractivity contribution in [2.24, 2.45) is 5.92 Å². The quantitative estimate of drug-likeness (QED) is 0.502. The Morgan fingerprint density at radius 1 is 1.46 bits per heavy atom. The molecule has 0 aliphatic carbocycles. The number of nitro benzene ring substituents is 1. The number of amides is 1. The lowest BCUT2D eigenvalue weighted by Gasteiger charge is -2.30. The van der Waals surface area contributed by atoms with Crippen molar-refractivity contribution in [3.05, 3.63) is 33.9 Å². The van der Waals surface area contributed by atoms with Gasteiger partial charge in [-0.3, -0.25) is 14.9 Å². The van der Waals surface area contributed by atoms with Crippen molar-refractivity contribution in [1.82, 2.24) is 4.90 Å². The van der Waals surface area contributed by atoms with E-state index in [1.807, 2.05) is 0 Å². The van der Waals surface area contributed by atoms with Crippen LogP contribution < -0.4 is 5.32 Å². The summed E-state index contributed by atoms with van der Waals surface area (Å²) in [6.45, 7) is 3.06. The Bertz CT molecular complexity index is 647. The summed E-state index contributed by atoms with van der Waals surface area (Å²) < 4.78 is 5.01. The normalized spacial score (nSPS) is 17.2. The average molecular weight is 335 g/mol. The number of carbonyl (C=O) groups is 2. The predicted octanol–water partition coefficient (Wildman–Crippen LogP) is 2.05. The van der Waals surface area contributed by atoms with Crippen LogP contribution in [0.3, 0.4) is 0 Å². The van der Waals surface area contributed by atoms with Crippen LogP contribution in [0.5, 0.6) is 0 Å². The highest BCUT2D eigenvalue weighted by Gasteiger charge is 2.23. The molecule has 130 valence electrons. The van der Waals surface area contributed by atoms with Crippen LogP contribution in [-0.4, -0.2) is 48.4 Å². The van der Waals surface area contributed by atoms with Crippen LogP contribution in [0, 0.1) is 16.0 Å². The van der Waals surface area contributed by atoms with Crippen LogP contribution in [0.25, 0.3) is 0 Å². The molecule has 1 aromatic rings. The molecule has 1 unspecified atom stereocenters. The average Bonchev–Trinajstić information content (AvgIpc) is 2.58. The molecule has 0 aromatic heterocycles. The molecule has 1 amide bonds. The molecule has 1 saturated heterocycles. The first-order valence-electron chi connectivity index (χ1n) is 7.83. The third kappa shape index (κ3) is 4.21. The molecule has 2 rings (SSSR count). The zero-order chi connectivity index (χ0) is 17.7. The number of rotatable bonds is 5. The first kappa shape index (κ1) is 17.7. The van der Waals surface area contributed by atoms with E-state index in [0.717, 1.165) is 18.9 Å². The molecule has 0 bridgehead atoms. The number of anilines is 1. The molecule has 1 N–H and O–H groups in total. The number of esters is 1. The number of ether oxygens (including phenoxy) is 1. The molecule has 0 saturated carbocycles. The van der Waals surface area contributed by atoms with E-state index in [2.05, 4.69) is 12.2 Å². The van der Waals surface area contributed by atoms with Crippen LogP contribution in [-0.2, 0) is 9.53 Å². The Morgan fingerprint density at radius 2 is 2.21 bits per heavy atom. The zero-order valence-electron chi connectivity index (χ0n) is 13.8. The minimum Gasteiger partial charge on any atom is -0.452 e. The third-order valence-electron chi connectivity index (χ3n) is 4.04. The monoisotopic (exact) mass is 335 g/mol. The summed E-state index contributed by atoms with van der Waals surface area (Å²) in [5.74, 6) is -0.550. The van der Waals surface area contributed by atoms with Gasteiger partial charge in [-0.25, -0.2) is 4.79 Å². The highest BCUT2D eigenvalue weighted by atomic mass is 16.6. The third-order valence-corrected chi connectivity index (χ3v) is 4.04. The first-order chi connectivity index (χ1) is 11.4. The van der Waals surface area contributed by atoms with Crippen LogP contribution in [0.15, 0.2) is 18.2 Å². The van der Waals surface area contributed by atoms with Crippen molar-refractivity contribution in [2.75, 3.05) is 32.1 Å². The van der Waals surface area contributed by atoms with Crippen LogP contribution in [0.4, 0.5) is 11.4 Å². The molecule has 1 aliphatic heterocycles. The second kappa shape index (κ2) is 7.76. The van der Waals surface area contributed by atoms with Crippen molar-refractivity contribution < 1.29 is 19.2 Å². The number of hydrogen-bond donors (Lipinski definition) is 1. The smallest absolute Gasteiger partial charge is 0.338 e. The van der Waals surface area contributed by atoms with E-state index in [1.165, 1.54) is 12.1 Å². The number of piperidine rings is 1. The maximum absolute atomic E-state index is 12.1. The Labute approximate surface area is 139 Å². The van der Waals surface area contributed by atoms with Gasteiger partial charge in [0.15, 0.2) is 6.61 Å². The van der Waals surface area contributed by atoms with Crippen molar-refractivity contribution >= 4 is 23.3 Å². The van der Waals surface area contributed by atoms with Crippen molar-refractivity contribution in [3.63, 3.8) is 0 Å². The number of nitrogens with one attached hydrogen (secondary N) is 1. The largest absolute Gasteiger partial charge is 0.452 e. The Balaban J connectivity index is 1.98. The number of hydrogen-bond acceptors (Lipinski definition) is 6. The molecular weight excluding hydrogens is 314 g/mol. The summed E-state index contributed by atoms with van der Waals surface area (Å²) in [5, 5.41) is 13.7. The minimum atomic E-state index is -0.751. The van der Waals surface area contributed by atoms with Gasteiger partial charge >= 0.3 is 5.97 Å². The minimum absolute atomic E-state index is 0.0421. The highest BCUT2D eigenvalue weighted by Crippen LogP contribution is 2.25. The van der Waals surface area contributed by atoms with E-state index in [4.69, 9.17) is 4.74 Å². The zero-order valence-corrected chi connectivity index (χ0v) is 13.8. The molecule has 24 heavy (non-hydrogen) atoms. The standard InChI is InChI=1S/C16H21N3O5/c1-11-4-3-7-18(9-11)15(20)10-24-16(21)12-5-6-13(17-2)14(8-12)19(22)23/h5-6,8,11,17H,3-4,7,9-10H2,1-2H3. The molecule has 1 aliphatic rings. The van der Waals surface area contributed by atoms with Crippen molar-refractivity contribution in [1.29, 1.82) is 0 Å². The van der Waals surface area contributed by atoms with Gasteiger partial charge < -0.3 is 15.0 Å². The van der Waals surface area contributed by atoms with Gasteiger partial charge in [-0.05, 0) is 30.9 Å². The first-order valence-corrected chi connectivity index (χ1v) is 7.83. The lowest BCUT2D eigenvalue weighted by molar-refractivity contribution is -0.384. The van der Waals surface area contributed by atoms with E-state index >= 15 is 0 Å². The van der Waals surface area contributed by atoms with Gasteiger partial charge in [0.2, 0.25) is 0 Å². The fourth-order valence-corrected chi connectivity index (χ4v) is 2.74. The summed E-state index contributed by atoms with van der Waals surface area (Å²) in [4.78, 5) is 36.2. The maximum atomic E-state index is 12.1. The van der Waals surface area contributed by atoms with Crippen molar-refractivity contribution in [3.8, 4) is 0 Å². The van der Waals surface area contributed by atoms with Gasteiger partial charge in [-0.2, -0.15) is 0 Å². The lowest BCUT2D eigenvalue weighted by atomic mass is 10.0. The molecule has 8 heteroatoms. The van der Waals surface area contributed by atoms with Gasteiger partial charge in [0, 0.05) is 26.2 Å². The summed E-state index contributed by atoms with van der Waals surface area (Å²) in [6, 6.07) is 4.00. The fraction of sp³-hybridized carbons (Fsp3) is 0.500. The van der Waals surface area contributed by atoms with E-state index in [9.17, 15) is 19.7 Å². The maximum Gasteiger partial charge on any atom is 0.338 e. The summed E-state index contributed by atoms with van der Waals surface area (Å²) in [6.07, 6.45) is 2.03. The van der Waals surface area contributed by atoms with Crippen LogP contribution in [0.1, 0.15) is 30.1 Å². The van der Waals surface area contributed by atoms with Crippen LogP contribution in [0.2, 0.25) is 0 Å². The SMILES string of the molecule is CNc1ccc(C(=O)OCC(=O)N2CCCC(C)C2)cc1[N+](=O)[O-]. The van der Waals surface area contributed by atoms with E-state index < -0.39 is 10.9 Å². The molecule has 1 atom stereocenters. The second-order valence-electron chi connectivity index (χ2n) is 5.90. The number of nitrogens with zero attached hydrogens (tertiary/aromatic N) is 2. The molecule has 1 heterocycles. The molecule has 0 radical (unpaired) electrons.